The van der Waals surface area contributed by atoms with Gasteiger partial charge in [-0.2, -0.15) is 13.2 Å². The third-order valence-corrected chi connectivity index (χ3v) is 3.25. The Kier molecular flexibility index (Phi) is 5.05. The molecule has 2 nitrogen and oxygen atoms in total. The van der Waals surface area contributed by atoms with E-state index in [0.717, 1.165) is 12.8 Å². The summed E-state index contributed by atoms with van der Waals surface area (Å²) in [6.07, 6.45) is -0.554. The Morgan fingerprint density at radius 2 is 1.75 bits per heavy atom. The third kappa shape index (κ3) is 4.70. The molecule has 0 radical (unpaired) electrons. The van der Waals surface area contributed by atoms with Crippen LogP contribution in [0.25, 0.3) is 0 Å². The number of alkyl halides is 3. The van der Waals surface area contributed by atoms with Gasteiger partial charge in [-0.15, -0.1) is 0 Å². The van der Waals surface area contributed by atoms with E-state index in [1.165, 1.54) is 6.42 Å². The summed E-state index contributed by atoms with van der Waals surface area (Å²) in [7, 11) is 0. The Morgan fingerprint density at radius 1 is 1.19 bits per heavy atom. The molecule has 1 fully saturated rings. The van der Waals surface area contributed by atoms with Gasteiger partial charge in [0.25, 0.3) is 0 Å². The Bertz CT molecular complexity index is 196. The first-order valence-corrected chi connectivity index (χ1v) is 5.93. The zero-order valence-corrected chi connectivity index (χ0v) is 9.98. The number of likely N-dealkylation sites (tertiary alicyclic amines) is 1. The fourth-order valence-electron chi connectivity index (χ4n) is 2.35. The van der Waals surface area contributed by atoms with Crippen molar-refractivity contribution in [2.45, 2.75) is 51.4 Å². The van der Waals surface area contributed by atoms with Crippen molar-refractivity contribution in [1.29, 1.82) is 0 Å². The Morgan fingerprint density at radius 3 is 2.25 bits per heavy atom. The highest BCUT2D eigenvalue weighted by Gasteiger charge is 2.27. The highest BCUT2D eigenvalue weighted by atomic mass is 19.4. The van der Waals surface area contributed by atoms with Crippen LogP contribution < -0.4 is 5.32 Å². The number of nitrogens with zero attached hydrogens (tertiary/aromatic N) is 1. The summed E-state index contributed by atoms with van der Waals surface area (Å²) in [5, 5.41) is 2.45. The quantitative estimate of drug-likeness (QED) is 0.757. The fraction of sp³-hybridized carbons (Fsp3) is 1.00. The number of rotatable bonds is 4. The molecule has 96 valence electrons. The Labute approximate surface area is 95.2 Å². The topological polar surface area (TPSA) is 15.3 Å². The zero-order chi connectivity index (χ0) is 12.2. The van der Waals surface area contributed by atoms with Gasteiger partial charge in [-0.3, -0.25) is 4.90 Å². The molecule has 1 saturated heterocycles. The summed E-state index contributed by atoms with van der Waals surface area (Å²) >= 11 is 0. The molecule has 0 spiro atoms. The maximum Gasteiger partial charge on any atom is 0.401 e. The summed E-state index contributed by atoms with van der Waals surface area (Å²) in [5.74, 6) is 0. The van der Waals surface area contributed by atoms with Crippen molar-refractivity contribution in [2.24, 2.45) is 0 Å². The SMILES string of the molecule is CC1CCCC(C)N1CCNCC(F)(F)F. The maximum absolute atomic E-state index is 11.9. The minimum atomic E-state index is -4.10. The highest BCUT2D eigenvalue weighted by Crippen LogP contribution is 2.21. The number of hydrogen-bond donors (Lipinski definition) is 1. The average molecular weight is 238 g/mol. The second-order valence-electron chi connectivity index (χ2n) is 4.66. The average Bonchev–Trinajstić information content (AvgIpc) is 2.14. The van der Waals surface area contributed by atoms with E-state index in [0.29, 0.717) is 25.2 Å². The summed E-state index contributed by atoms with van der Waals surface area (Å²) in [6, 6.07) is 0.993. The molecule has 0 aromatic heterocycles. The minimum absolute atomic E-state index is 0.411. The second-order valence-corrected chi connectivity index (χ2v) is 4.66. The molecule has 0 aromatic rings. The van der Waals surface area contributed by atoms with Crippen LogP contribution in [0.3, 0.4) is 0 Å². The zero-order valence-electron chi connectivity index (χ0n) is 9.98. The predicted octanol–water partition coefficient (Wildman–Crippen LogP) is 2.40. The maximum atomic E-state index is 11.9. The normalized spacial score (nSPS) is 28.3. The van der Waals surface area contributed by atoms with Crippen LogP contribution in [0.2, 0.25) is 0 Å². The van der Waals surface area contributed by atoms with Crippen molar-refractivity contribution in [3.8, 4) is 0 Å². The summed E-state index contributed by atoms with van der Waals surface area (Å²) in [4.78, 5) is 2.30. The molecule has 2 unspecified atom stereocenters. The molecule has 1 aliphatic rings. The van der Waals surface area contributed by atoms with E-state index in [4.69, 9.17) is 0 Å². The third-order valence-electron chi connectivity index (χ3n) is 3.25. The molecule has 2 atom stereocenters. The van der Waals surface area contributed by atoms with Gasteiger partial charge >= 0.3 is 6.18 Å². The molecule has 0 amide bonds. The van der Waals surface area contributed by atoms with Gasteiger partial charge in [0.15, 0.2) is 0 Å². The van der Waals surface area contributed by atoms with Gasteiger partial charge in [0.1, 0.15) is 0 Å². The van der Waals surface area contributed by atoms with Crippen LogP contribution in [0.1, 0.15) is 33.1 Å². The number of piperidine rings is 1. The van der Waals surface area contributed by atoms with Gasteiger partial charge in [-0.25, -0.2) is 0 Å². The molecule has 16 heavy (non-hydrogen) atoms. The summed E-state index contributed by atoms with van der Waals surface area (Å²) in [5.41, 5.74) is 0. The molecule has 0 bridgehead atoms. The standard InChI is InChI=1S/C11H21F3N2/c1-9-4-3-5-10(2)16(9)7-6-15-8-11(12,13)14/h9-10,15H,3-8H2,1-2H3. The van der Waals surface area contributed by atoms with E-state index in [1.807, 2.05) is 0 Å². The van der Waals surface area contributed by atoms with Crippen molar-refractivity contribution < 1.29 is 13.2 Å². The van der Waals surface area contributed by atoms with Gasteiger partial charge in [0.05, 0.1) is 6.54 Å². The summed E-state index contributed by atoms with van der Waals surface area (Å²) in [6.45, 7) is 4.54. The lowest BCUT2D eigenvalue weighted by Crippen LogP contribution is -2.47. The van der Waals surface area contributed by atoms with Crippen LogP contribution in [-0.4, -0.2) is 42.8 Å². The van der Waals surface area contributed by atoms with Crippen LogP contribution in [0.15, 0.2) is 0 Å². The largest absolute Gasteiger partial charge is 0.401 e. The lowest BCUT2D eigenvalue weighted by Gasteiger charge is -2.39. The monoisotopic (exact) mass is 238 g/mol. The van der Waals surface area contributed by atoms with E-state index in [9.17, 15) is 13.2 Å². The lowest BCUT2D eigenvalue weighted by atomic mass is 9.98. The van der Waals surface area contributed by atoms with Crippen molar-refractivity contribution >= 4 is 0 Å². The van der Waals surface area contributed by atoms with Gasteiger partial charge < -0.3 is 5.32 Å². The molecule has 0 aromatic carbocycles. The van der Waals surface area contributed by atoms with E-state index < -0.39 is 12.7 Å². The first-order valence-electron chi connectivity index (χ1n) is 5.93. The molecule has 1 aliphatic heterocycles. The van der Waals surface area contributed by atoms with E-state index in [-0.39, 0.29) is 0 Å². The van der Waals surface area contributed by atoms with E-state index >= 15 is 0 Å². The predicted molar refractivity (Wildman–Crippen MR) is 58.4 cm³/mol. The van der Waals surface area contributed by atoms with Crippen LogP contribution in [-0.2, 0) is 0 Å². The first kappa shape index (κ1) is 13.8. The second kappa shape index (κ2) is 5.87. The molecule has 1 heterocycles. The molecule has 0 saturated carbocycles. The smallest absolute Gasteiger partial charge is 0.307 e. The first-order chi connectivity index (χ1) is 7.40. The van der Waals surface area contributed by atoms with Gasteiger partial charge in [0.2, 0.25) is 0 Å². The van der Waals surface area contributed by atoms with Gasteiger partial charge in [-0.1, -0.05) is 6.42 Å². The Balaban J connectivity index is 2.20. The minimum Gasteiger partial charge on any atom is -0.307 e. The van der Waals surface area contributed by atoms with Crippen LogP contribution in [0.4, 0.5) is 13.2 Å². The van der Waals surface area contributed by atoms with Gasteiger partial charge in [0, 0.05) is 25.2 Å². The number of nitrogens with one attached hydrogen (secondary N) is 1. The molecule has 1 N–H and O–H groups in total. The number of halogens is 3. The molecule has 1 rings (SSSR count). The van der Waals surface area contributed by atoms with Crippen LogP contribution in [0, 0.1) is 0 Å². The molecular weight excluding hydrogens is 217 g/mol. The van der Waals surface area contributed by atoms with Crippen molar-refractivity contribution in [3.63, 3.8) is 0 Å². The van der Waals surface area contributed by atoms with Crippen molar-refractivity contribution in [3.05, 3.63) is 0 Å². The van der Waals surface area contributed by atoms with E-state index in [2.05, 4.69) is 24.1 Å². The van der Waals surface area contributed by atoms with Gasteiger partial charge in [-0.05, 0) is 26.7 Å². The molecule has 5 heteroatoms. The Hall–Kier alpha value is -0.290. The fourth-order valence-corrected chi connectivity index (χ4v) is 2.35. The molecule has 0 aliphatic carbocycles. The van der Waals surface area contributed by atoms with E-state index in [1.54, 1.807) is 0 Å². The van der Waals surface area contributed by atoms with Crippen molar-refractivity contribution in [2.75, 3.05) is 19.6 Å². The lowest BCUT2D eigenvalue weighted by molar-refractivity contribution is -0.124. The number of hydrogen-bond acceptors (Lipinski definition) is 2. The highest BCUT2D eigenvalue weighted by molar-refractivity contribution is 4.79. The summed E-state index contributed by atoms with van der Waals surface area (Å²) < 4.78 is 35.7. The molecular formula is C11H21F3N2. The van der Waals surface area contributed by atoms with Crippen LogP contribution >= 0.6 is 0 Å². The van der Waals surface area contributed by atoms with Crippen molar-refractivity contribution in [1.82, 2.24) is 10.2 Å². The van der Waals surface area contributed by atoms with Crippen LogP contribution in [0.5, 0.6) is 0 Å².